The highest BCUT2D eigenvalue weighted by atomic mass is 35.5. The summed E-state index contributed by atoms with van der Waals surface area (Å²) in [5.41, 5.74) is 0.471. The summed E-state index contributed by atoms with van der Waals surface area (Å²) in [5, 5.41) is 6.79. The molecule has 1 aromatic heterocycles. The fourth-order valence-corrected chi connectivity index (χ4v) is 5.27. The smallest absolute Gasteiger partial charge is 0.338 e. The van der Waals surface area contributed by atoms with Crippen LogP contribution < -0.4 is 9.86 Å². The van der Waals surface area contributed by atoms with Crippen LogP contribution in [0.3, 0.4) is 0 Å². The van der Waals surface area contributed by atoms with E-state index in [4.69, 9.17) is 21.5 Å². The number of rotatable bonds is 5. The second-order valence-corrected chi connectivity index (χ2v) is 9.58. The van der Waals surface area contributed by atoms with Gasteiger partial charge in [0.2, 0.25) is 0 Å². The maximum absolute atomic E-state index is 14.2. The topological polar surface area (TPSA) is 127 Å². The molecule has 0 bridgehead atoms. The van der Waals surface area contributed by atoms with Crippen LogP contribution in [0.15, 0.2) is 40.0 Å². The molecule has 9 nitrogen and oxygen atoms in total. The molecule has 2 aromatic rings. The second kappa shape index (κ2) is 8.48. The lowest BCUT2D eigenvalue weighted by molar-refractivity contribution is -0.136. The molecule has 0 unspecified atom stereocenters. The number of benzene rings is 1. The number of carbonyl (C=O) groups is 1. The number of thiazole rings is 1. The minimum absolute atomic E-state index is 0.0273. The highest BCUT2D eigenvalue weighted by Gasteiger charge is 2.43. The van der Waals surface area contributed by atoms with E-state index in [1.54, 1.807) is 16.5 Å². The van der Waals surface area contributed by atoms with E-state index in [2.05, 4.69) is 14.7 Å². The number of nitrogens with two attached hydrogens (primary N) is 1. The molecule has 2 atom stereocenters. The first-order valence-corrected chi connectivity index (χ1v) is 11.9. The van der Waals surface area contributed by atoms with Crippen molar-refractivity contribution in [2.75, 3.05) is 13.7 Å². The van der Waals surface area contributed by atoms with Crippen molar-refractivity contribution in [1.29, 1.82) is 0 Å². The molecule has 3 N–H and O–H groups in total. The molecular formula is C18H16ClF2N5O4S2. The van der Waals surface area contributed by atoms with Crippen LogP contribution in [-0.2, 0) is 19.7 Å². The van der Waals surface area contributed by atoms with Crippen LogP contribution in [0.5, 0.6) is 0 Å². The van der Waals surface area contributed by atoms with Crippen LogP contribution >= 0.6 is 22.9 Å². The summed E-state index contributed by atoms with van der Waals surface area (Å²) >= 11 is 7.34. The average Bonchev–Trinajstić information content (AvgIpc) is 3.39. The van der Waals surface area contributed by atoms with Crippen LogP contribution in [0, 0.1) is 11.6 Å². The number of methoxy groups -OCH3 is 1. The Morgan fingerprint density at radius 3 is 2.78 bits per heavy atom. The third-order valence-corrected chi connectivity index (χ3v) is 6.79. The molecule has 0 amide bonds. The first-order chi connectivity index (χ1) is 15.1. The summed E-state index contributed by atoms with van der Waals surface area (Å²) in [4.78, 5) is 23.3. The zero-order valence-electron chi connectivity index (χ0n) is 16.4. The van der Waals surface area contributed by atoms with Crippen LogP contribution in [-0.4, -0.2) is 49.8 Å². The first-order valence-electron chi connectivity index (χ1n) is 9.10. The van der Waals surface area contributed by atoms with E-state index in [0.717, 1.165) is 6.07 Å². The number of amidine groups is 1. The van der Waals surface area contributed by atoms with Crippen molar-refractivity contribution < 1.29 is 26.7 Å². The molecule has 0 radical (unpaired) electrons. The molecule has 4 rings (SSSR count). The largest absolute Gasteiger partial charge is 0.466 e. The van der Waals surface area contributed by atoms with E-state index in [0.29, 0.717) is 16.5 Å². The number of fused-ring (bicyclic) bond motifs is 1. The van der Waals surface area contributed by atoms with Gasteiger partial charge in [-0.15, -0.1) is 11.3 Å². The number of nitrogens with one attached hydrogen (secondary N) is 1. The first kappa shape index (κ1) is 22.7. The third-order valence-electron chi connectivity index (χ3n) is 4.98. The van der Waals surface area contributed by atoms with Crippen molar-refractivity contribution in [3.05, 3.63) is 62.2 Å². The minimum Gasteiger partial charge on any atom is -0.466 e. The lowest BCUT2D eigenvalue weighted by atomic mass is 9.94. The molecule has 0 saturated carbocycles. The van der Waals surface area contributed by atoms with E-state index in [1.165, 1.54) is 24.5 Å². The minimum atomic E-state index is -4.03. The fraction of sp³-hybridized carbons (Fsp3) is 0.278. The Labute approximate surface area is 190 Å². The Hall–Kier alpha value is -2.45. The van der Waals surface area contributed by atoms with E-state index in [-0.39, 0.29) is 24.1 Å². The summed E-state index contributed by atoms with van der Waals surface area (Å²) in [6.07, 6.45) is 1.63. The molecule has 1 saturated heterocycles. The van der Waals surface area contributed by atoms with Crippen molar-refractivity contribution in [3.63, 3.8) is 0 Å². The Kier molecular flexibility index (Phi) is 6.02. The quantitative estimate of drug-likeness (QED) is 0.473. The van der Waals surface area contributed by atoms with Gasteiger partial charge in [0, 0.05) is 41.8 Å². The van der Waals surface area contributed by atoms with Crippen molar-refractivity contribution in [2.45, 2.75) is 18.5 Å². The Morgan fingerprint density at radius 2 is 2.16 bits per heavy atom. The van der Waals surface area contributed by atoms with Crippen LogP contribution in [0.1, 0.15) is 23.0 Å². The maximum atomic E-state index is 14.2. The monoisotopic (exact) mass is 503 g/mol. The number of carbonyl (C=O) groups excluding carboxylic acids is 1. The summed E-state index contributed by atoms with van der Waals surface area (Å²) in [5.74, 6) is -2.86. The van der Waals surface area contributed by atoms with Gasteiger partial charge in [0.1, 0.15) is 6.04 Å². The molecule has 14 heteroatoms. The third kappa shape index (κ3) is 4.13. The Morgan fingerprint density at radius 1 is 1.41 bits per heavy atom. The molecule has 1 aromatic carbocycles. The summed E-state index contributed by atoms with van der Waals surface area (Å²) < 4.78 is 58.3. The van der Waals surface area contributed by atoms with Gasteiger partial charge in [-0.2, -0.15) is 13.1 Å². The molecule has 0 spiro atoms. The maximum Gasteiger partial charge on any atom is 0.338 e. The number of aromatic nitrogens is 1. The van der Waals surface area contributed by atoms with Gasteiger partial charge in [0.05, 0.1) is 17.7 Å². The number of ether oxygens (including phenoxy) is 1. The van der Waals surface area contributed by atoms with Gasteiger partial charge in [-0.05, 0) is 6.07 Å². The highest BCUT2D eigenvalue weighted by molar-refractivity contribution is 7.87. The number of aliphatic imine (C=N–C) groups is 1. The number of esters is 1. The number of halogens is 3. The molecule has 0 aliphatic carbocycles. The lowest BCUT2D eigenvalue weighted by Gasteiger charge is -2.31. The number of nitrogens with zero attached hydrogens (tertiary/aromatic N) is 3. The lowest BCUT2D eigenvalue weighted by Crippen LogP contribution is -2.42. The Bertz CT molecular complexity index is 1250. The standard InChI is InChI=1S/C18H16ClF2N5O4S2/c1-30-18(27)12-11-6-8(25-32(22,28)29)7-26(11)16(17-23-4-5-31-17)24-15(12)9-2-3-10(20)14(21)13(9)19/h2-5,8,15,25H,6-7H2,1H3,(H2,22,28,29)/t8-,15-/m0/s1. The van der Waals surface area contributed by atoms with Crippen molar-refractivity contribution in [1.82, 2.24) is 14.6 Å². The summed E-state index contributed by atoms with van der Waals surface area (Å²) in [7, 11) is -2.86. The van der Waals surface area contributed by atoms with Crippen LogP contribution in [0.2, 0.25) is 5.02 Å². The molecular weight excluding hydrogens is 488 g/mol. The average molecular weight is 504 g/mol. The van der Waals surface area contributed by atoms with Crippen molar-refractivity contribution in [3.8, 4) is 0 Å². The zero-order valence-corrected chi connectivity index (χ0v) is 18.8. The second-order valence-electron chi connectivity index (χ2n) is 6.98. The molecule has 2 aliphatic heterocycles. The van der Waals surface area contributed by atoms with Crippen LogP contribution in [0.25, 0.3) is 0 Å². The molecule has 3 heterocycles. The van der Waals surface area contributed by atoms with Gasteiger partial charge in [0.15, 0.2) is 22.5 Å². The molecule has 1 fully saturated rings. The molecule has 2 aliphatic rings. The van der Waals surface area contributed by atoms with E-state index < -0.39 is 44.9 Å². The zero-order chi connectivity index (χ0) is 23.2. The highest BCUT2D eigenvalue weighted by Crippen LogP contribution is 2.43. The van der Waals surface area contributed by atoms with Crippen molar-refractivity contribution >= 4 is 45.0 Å². The van der Waals surface area contributed by atoms with Gasteiger partial charge in [0.25, 0.3) is 10.2 Å². The van der Waals surface area contributed by atoms with E-state index in [9.17, 15) is 22.0 Å². The van der Waals surface area contributed by atoms with Gasteiger partial charge in [-0.1, -0.05) is 17.7 Å². The van der Waals surface area contributed by atoms with E-state index >= 15 is 0 Å². The van der Waals surface area contributed by atoms with Crippen LogP contribution in [0.4, 0.5) is 8.78 Å². The van der Waals surface area contributed by atoms with Gasteiger partial charge in [-0.3, -0.25) is 4.99 Å². The van der Waals surface area contributed by atoms with E-state index in [1.807, 2.05) is 0 Å². The SMILES string of the molecule is COC(=O)C1=C2C[C@H](NS(N)(=O)=O)CN2C(c2nccs2)=N[C@H]1c1ccc(F)c(F)c1Cl. The molecule has 32 heavy (non-hydrogen) atoms. The number of hydrogen-bond acceptors (Lipinski definition) is 8. The predicted molar refractivity (Wildman–Crippen MR) is 113 cm³/mol. The summed E-state index contributed by atoms with van der Waals surface area (Å²) in [6, 6.07) is 0.316. The summed E-state index contributed by atoms with van der Waals surface area (Å²) in [6.45, 7) is 0.114. The normalized spacial score (nSPS) is 20.9. The van der Waals surface area contributed by atoms with Gasteiger partial charge < -0.3 is 9.64 Å². The van der Waals surface area contributed by atoms with Gasteiger partial charge >= 0.3 is 5.97 Å². The van der Waals surface area contributed by atoms with Gasteiger partial charge in [-0.25, -0.2) is 23.7 Å². The number of hydrogen-bond donors (Lipinski definition) is 2. The Balaban J connectivity index is 1.92. The molecule has 170 valence electrons. The van der Waals surface area contributed by atoms with Crippen molar-refractivity contribution in [2.24, 2.45) is 10.1 Å². The fourth-order valence-electron chi connectivity index (χ4n) is 3.75. The predicted octanol–water partition coefficient (Wildman–Crippen LogP) is 1.87.